The van der Waals surface area contributed by atoms with Crippen molar-refractivity contribution in [2.45, 2.75) is 45.6 Å². The van der Waals surface area contributed by atoms with Crippen LogP contribution >= 0.6 is 0 Å². The number of benzene rings is 1. The molecular formula is C23H24FN3O2. The number of nitrogens with zero attached hydrogens (tertiary/aromatic N) is 3. The molecule has 1 atom stereocenters. The summed E-state index contributed by atoms with van der Waals surface area (Å²) in [5.41, 5.74) is 2.21. The Balaban J connectivity index is 1.23. The van der Waals surface area contributed by atoms with Crippen LogP contribution in [0.3, 0.4) is 0 Å². The van der Waals surface area contributed by atoms with Gasteiger partial charge in [0, 0.05) is 35.9 Å². The summed E-state index contributed by atoms with van der Waals surface area (Å²) in [6, 6.07) is 8.68. The van der Waals surface area contributed by atoms with Gasteiger partial charge in [0.15, 0.2) is 0 Å². The maximum absolute atomic E-state index is 14.5. The third-order valence-corrected chi connectivity index (χ3v) is 6.56. The molecule has 2 heterocycles. The number of pyridine rings is 1. The lowest BCUT2D eigenvalue weighted by Crippen LogP contribution is -2.69. The molecule has 1 unspecified atom stereocenters. The van der Waals surface area contributed by atoms with Gasteiger partial charge in [0.25, 0.3) is 0 Å². The van der Waals surface area contributed by atoms with Crippen molar-refractivity contribution in [1.82, 2.24) is 9.99 Å². The molecule has 0 spiro atoms. The second kappa shape index (κ2) is 6.37. The van der Waals surface area contributed by atoms with Crippen molar-refractivity contribution in [3.05, 3.63) is 59.0 Å². The molecule has 3 aliphatic carbocycles. The molecule has 29 heavy (non-hydrogen) atoms. The van der Waals surface area contributed by atoms with Crippen LogP contribution in [0.2, 0.25) is 0 Å². The predicted octanol–water partition coefficient (Wildman–Crippen LogP) is 4.35. The number of rotatable bonds is 5. The number of aryl methyl sites for hydroxylation is 2. The molecule has 1 amide bonds. The highest BCUT2D eigenvalue weighted by atomic mass is 19.1. The van der Waals surface area contributed by atoms with E-state index in [1.54, 1.807) is 18.5 Å². The first kappa shape index (κ1) is 18.3. The second-order valence-corrected chi connectivity index (χ2v) is 9.00. The topological polar surface area (TPSA) is 54.8 Å². The summed E-state index contributed by atoms with van der Waals surface area (Å²) < 4.78 is 20.3. The van der Waals surface area contributed by atoms with Gasteiger partial charge in [0.1, 0.15) is 5.82 Å². The van der Waals surface area contributed by atoms with Crippen molar-refractivity contribution in [2.75, 3.05) is 6.61 Å². The van der Waals surface area contributed by atoms with Crippen LogP contribution in [0, 0.1) is 30.5 Å². The van der Waals surface area contributed by atoms with Gasteiger partial charge < -0.3 is 4.74 Å². The Bertz CT molecular complexity index is 982. The quantitative estimate of drug-likeness (QED) is 0.759. The number of carbonyl (C=O) groups is 1. The molecule has 0 radical (unpaired) electrons. The normalized spacial score (nSPS) is 29.3. The summed E-state index contributed by atoms with van der Waals surface area (Å²) in [6.07, 6.45) is 6.47. The van der Waals surface area contributed by atoms with E-state index in [0.29, 0.717) is 24.5 Å². The molecule has 3 fully saturated rings. The van der Waals surface area contributed by atoms with Crippen molar-refractivity contribution in [3.8, 4) is 5.88 Å². The van der Waals surface area contributed by atoms with Gasteiger partial charge in [-0.2, -0.15) is 5.10 Å². The highest BCUT2D eigenvalue weighted by Gasteiger charge is 2.73. The van der Waals surface area contributed by atoms with Crippen LogP contribution in [0.1, 0.15) is 48.4 Å². The Hall–Kier alpha value is -2.76. The zero-order valence-corrected chi connectivity index (χ0v) is 16.7. The number of amides is 1. The molecule has 4 aliphatic rings. The van der Waals surface area contributed by atoms with Crippen LogP contribution in [0.25, 0.3) is 0 Å². The Labute approximate surface area is 169 Å². The Kier molecular flexibility index (Phi) is 4.02. The number of hydrogen-bond donors (Lipinski definition) is 0. The lowest BCUT2D eigenvalue weighted by molar-refractivity contribution is -0.227. The van der Waals surface area contributed by atoms with E-state index in [1.807, 2.05) is 32.0 Å². The third kappa shape index (κ3) is 2.93. The molecule has 1 aliphatic heterocycles. The lowest BCUT2D eigenvalue weighted by atomic mass is 9.35. The zero-order valence-electron chi connectivity index (χ0n) is 16.7. The van der Waals surface area contributed by atoms with Gasteiger partial charge in [0.05, 0.1) is 18.1 Å². The van der Waals surface area contributed by atoms with Crippen LogP contribution in [-0.2, 0) is 4.79 Å². The monoisotopic (exact) mass is 393 g/mol. The summed E-state index contributed by atoms with van der Waals surface area (Å²) in [5.74, 6) is 0.373. The maximum Gasteiger partial charge on any atom is 0.249 e. The number of hydrazone groups is 1. The maximum atomic E-state index is 14.5. The van der Waals surface area contributed by atoms with Gasteiger partial charge in [-0.05, 0) is 50.3 Å². The number of hydrogen-bond acceptors (Lipinski definition) is 4. The van der Waals surface area contributed by atoms with Gasteiger partial charge >= 0.3 is 0 Å². The fourth-order valence-electron chi connectivity index (χ4n) is 5.16. The highest BCUT2D eigenvalue weighted by Crippen LogP contribution is 2.74. The van der Waals surface area contributed by atoms with E-state index in [-0.39, 0.29) is 28.6 Å². The molecule has 2 bridgehead atoms. The summed E-state index contributed by atoms with van der Waals surface area (Å²) >= 11 is 0. The fourth-order valence-corrected chi connectivity index (χ4v) is 5.16. The average molecular weight is 393 g/mol. The van der Waals surface area contributed by atoms with Gasteiger partial charge in [-0.1, -0.05) is 18.2 Å². The summed E-state index contributed by atoms with van der Waals surface area (Å²) in [5, 5.41) is 5.82. The molecule has 1 aromatic carbocycles. The van der Waals surface area contributed by atoms with Gasteiger partial charge in [0.2, 0.25) is 11.8 Å². The molecule has 0 saturated heterocycles. The van der Waals surface area contributed by atoms with Crippen LogP contribution in [-0.4, -0.2) is 28.7 Å². The average Bonchev–Trinajstić information content (AvgIpc) is 3.10. The molecule has 2 aromatic rings. The Morgan fingerprint density at radius 1 is 1.21 bits per heavy atom. The first-order chi connectivity index (χ1) is 13.9. The molecular weight excluding hydrogens is 369 g/mol. The number of ether oxygens (including phenoxy) is 1. The van der Waals surface area contributed by atoms with Crippen molar-refractivity contribution in [3.63, 3.8) is 0 Å². The molecule has 3 saturated carbocycles. The van der Waals surface area contributed by atoms with Crippen LogP contribution in [0.15, 0.2) is 41.6 Å². The van der Waals surface area contributed by atoms with E-state index >= 15 is 0 Å². The van der Waals surface area contributed by atoms with E-state index in [9.17, 15) is 9.18 Å². The molecule has 1 aromatic heterocycles. The van der Waals surface area contributed by atoms with Gasteiger partial charge in [-0.25, -0.2) is 14.4 Å². The van der Waals surface area contributed by atoms with Crippen molar-refractivity contribution in [2.24, 2.45) is 15.9 Å². The molecule has 6 heteroatoms. The predicted molar refractivity (Wildman–Crippen MR) is 107 cm³/mol. The van der Waals surface area contributed by atoms with Crippen molar-refractivity contribution < 1.29 is 13.9 Å². The Morgan fingerprint density at radius 2 is 1.97 bits per heavy atom. The SMILES string of the molecule is Cc1ccc(OCC23CC(C(=O)N4N=CCC4c4ccc(C)cc4F)(C2)C3)nc1. The summed E-state index contributed by atoms with van der Waals surface area (Å²) in [7, 11) is 0. The minimum Gasteiger partial charge on any atom is -0.477 e. The van der Waals surface area contributed by atoms with Gasteiger partial charge in [-0.15, -0.1) is 0 Å². The summed E-state index contributed by atoms with van der Waals surface area (Å²) in [6.45, 7) is 4.43. The molecule has 6 rings (SSSR count). The van der Waals surface area contributed by atoms with Crippen molar-refractivity contribution in [1.29, 1.82) is 0 Å². The van der Waals surface area contributed by atoms with E-state index < -0.39 is 0 Å². The lowest BCUT2D eigenvalue weighted by Gasteiger charge is -2.69. The van der Waals surface area contributed by atoms with Crippen LogP contribution < -0.4 is 4.74 Å². The smallest absolute Gasteiger partial charge is 0.249 e. The highest BCUT2D eigenvalue weighted by molar-refractivity contribution is 5.88. The van der Waals surface area contributed by atoms with E-state index in [4.69, 9.17) is 4.74 Å². The molecule has 5 nitrogen and oxygen atoms in total. The molecule has 150 valence electrons. The second-order valence-electron chi connectivity index (χ2n) is 9.00. The minimum absolute atomic E-state index is 0.0200. The first-order valence-electron chi connectivity index (χ1n) is 10.1. The Morgan fingerprint density at radius 3 is 2.66 bits per heavy atom. The largest absolute Gasteiger partial charge is 0.477 e. The van der Waals surface area contributed by atoms with Crippen LogP contribution in [0.5, 0.6) is 5.88 Å². The fraction of sp³-hybridized carbons (Fsp3) is 0.435. The van der Waals surface area contributed by atoms with Crippen molar-refractivity contribution >= 4 is 12.1 Å². The number of carbonyl (C=O) groups excluding carboxylic acids is 1. The van der Waals surface area contributed by atoms with Crippen LogP contribution in [0.4, 0.5) is 4.39 Å². The standard InChI is InChI=1S/C23H24FN3O2/c1-15-3-5-17(18(24)9-15)19-7-8-26-27(19)21(28)23-11-22(12-23,13-23)14-29-20-6-4-16(2)10-25-20/h3-6,8-10,19H,7,11-14H2,1-2H3. The van der Waals surface area contributed by atoms with Gasteiger partial charge in [-0.3, -0.25) is 4.79 Å². The number of aromatic nitrogens is 1. The van der Waals surface area contributed by atoms with E-state index in [2.05, 4.69) is 10.1 Å². The zero-order chi connectivity index (χ0) is 20.2. The first-order valence-corrected chi connectivity index (χ1v) is 10.1. The number of halogens is 1. The van der Waals surface area contributed by atoms with E-state index in [0.717, 1.165) is 30.4 Å². The van der Waals surface area contributed by atoms with E-state index in [1.165, 1.54) is 11.1 Å². The minimum atomic E-state index is -0.356. The summed E-state index contributed by atoms with van der Waals surface area (Å²) in [4.78, 5) is 17.5. The third-order valence-electron chi connectivity index (χ3n) is 6.56. The molecule has 0 N–H and O–H groups in total.